The summed E-state index contributed by atoms with van der Waals surface area (Å²) in [5.41, 5.74) is 0. The van der Waals surface area contributed by atoms with Gasteiger partial charge < -0.3 is 9.84 Å². The fraction of sp³-hybridized carbons (Fsp3) is 0.778. The van der Waals surface area contributed by atoms with Crippen molar-refractivity contribution in [3.63, 3.8) is 0 Å². The molecule has 0 aromatic heterocycles. The van der Waals surface area contributed by atoms with E-state index in [9.17, 15) is 5.11 Å². The number of rotatable bonds is 5. The molecule has 0 amide bonds. The molecule has 0 saturated carbocycles. The van der Waals surface area contributed by atoms with E-state index >= 15 is 0 Å². The standard InChI is InChI=1S/C9H18O2/c1-5-9(11-4)8(10)6-7(2)3/h5,7-10H,1,6H2,2-4H3/t8-,9+/m1/s1. The summed E-state index contributed by atoms with van der Waals surface area (Å²) in [6.45, 7) is 7.71. The molecule has 66 valence electrons. The Morgan fingerprint density at radius 1 is 1.55 bits per heavy atom. The van der Waals surface area contributed by atoms with Gasteiger partial charge in [-0.2, -0.15) is 0 Å². The summed E-state index contributed by atoms with van der Waals surface area (Å²) in [5.74, 6) is 0.489. The van der Waals surface area contributed by atoms with Gasteiger partial charge in [0.25, 0.3) is 0 Å². The molecule has 0 aliphatic rings. The van der Waals surface area contributed by atoms with Crippen LogP contribution in [0.15, 0.2) is 12.7 Å². The molecule has 11 heavy (non-hydrogen) atoms. The van der Waals surface area contributed by atoms with Crippen molar-refractivity contribution in [1.29, 1.82) is 0 Å². The van der Waals surface area contributed by atoms with Crippen LogP contribution < -0.4 is 0 Å². The highest BCUT2D eigenvalue weighted by Crippen LogP contribution is 2.10. The van der Waals surface area contributed by atoms with E-state index in [4.69, 9.17) is 4.74 Å². The number of hydrogen-bond donors (Lipinski definition) is 1. The average Bonchev–Trinajstić information content (AvgIpc) is 1.88. The second kappa shape index (κ2) is 5.33. The molecule has 0 aliphatic heterocycles. The summed E-state index contributed by atoms with van der Waals surface area (Å²) >= 11 is 0. The van der Waals surface area contributed by atoms with Gasteiger partial charge in [0.2, 0.25) is 0 Å². The van der Waals surface area contributed by atoms with E-state index < -0.39 is 6.10 Å². The van der Waals surface area contributed by atoms with Crippen molar-refractivity contribution in [1.82, 2.24) is 0 Å². The lowest BCUT2D eigenvalue weighted by atomic mass is 10.0. The fourth-order valence-electron chi connectivity index (χ4n) is 1.03. The minimum atomic E-state index is -0.419. The van der Waals surface area contributed by atoms with E-state index in [1.165, 1.54) is 0 Å². The molecule has 0 aromatic carbocycles. The van der Waals surface area contributed by atoms with Gasteiger partial charge in [-0.05, 0) is 12.3 Å². The smallest absolute Gasteiger partial charge is 0.101 e. The summed E-state index contributed by atoms with van der Waals surface area (Å²) in [5, 5.41) is 9.48. The summed E-state index contributed by atoms with van der Waals surface area (Å²) in [6.07, 6.45) is 1.74. The van der Waals surface area contributed by atoms with Gasteiger partial charge in [0.05, 0.1) is 6.10 Å². The molecule has 0 bridgehead atoms. The third-order valence-corrected chi connectivity index (χ3v) is 1.60. The first-order valence-corrected chi connectivity index (χ1v) is 3.95. The zero-order valence-corrected chi connectivity index (χ0v) is 7.58. The minimum Gasteiger partial charge on any atom is -0.390 e. The Kier molecular flexibility index (Phi) is 5.16. The third-order valence-electron chi connectivity index (χ3n) is 1.60. The number of hydrogen-bond acceptors (Lipinski definition) is 2. The predicted molar refractivity (Wildman–Crippen MR) is 46.5 cm³/mol. The number of ether oxygens (including phenoxy) is 1. The van der Waals surface area contributed by atoms with Crippen LogP contribution in [0.1, 0.15) is 20.3 Å². The molecule has 0 unspecified atom stereocenters. The Balaban J connectivity index is 3.78. The molecule has 2 heteroatoms. The average molecular weight is 158 g/mol. The Bertz CT molecular complexity index is 110. The van der Waals surface area contributed by atoms with Gasteiger partial charge in [-0.15, -0.1) is 6.58 Å². The summed E-state index contributed by atoms with van der Waals surface area (Å²) in [6, 6.07) is 0. The number of methoxy groups -OCH3 is 1. The molecule has 0 spiro atoms. The number of aliphatic hydroxyl groups excluding tert-OH is 1. The van der Waals surface area contributed by atoms with Crippen LogP contribution in [0.25, 0.3) is 0 Å². The Labute approximate surface area is 68.9 Å². The van der Waals surface area contributed by atoms with Gasteiger partial charge in [0.1, 0.15) is 6.10 Å². The molecular weight excluding hydrogens is 140 g/mol. The second-order valence-corrected chi connectivity index (χ2v) is 3.13. The molecule has 0 aliphatic carbocycles. The summed E-state index contributed by atoms with van der Waals surface area (Å²) in [4.78, 5) is 0. The topological polar surface area (TPSA) is 29.5 Å². The Hall–Kier alpha value is -0.340. The normalized spacial score (nSPS) is 16.5. The Morgan fingerprint density at radius 2 is 2.09 bits per heavy atom. The van der Waals surface area contributed by atoms with Crippen LogP contribution in [0, 0.1) is 5.92 Å². The summed E-state index contributed by atoms with van der Waals surface area (Å²) in [7, 11) is 1.58. The maximum atomic E-state index is 9.48. The van der Waals surface area contributed by atoms with Crippen molar-refractivity contribution in [2.75, 3.05) is 7.11 Å². The van der Waals surface area contributed by atoms with E-state index in [1.807, 2.05) is 0 Å². The predicted octanol–water partition coefficient (Wildman–Crippen LogP) is 1.59. The first-order chi connectivity index (χ1) is 5.11. The molecule has 2 nitrogen and oxygen atoms in total. The van der Waals surface area contributed by atoms with Gasteiger partial charge >= 0.3 is 0 Å². The van der Waals surface area contributed by atoms with Crippen LogP contribution in [0.3, 0.4) is 0 Å². The second-order valence-electron chi connectivity index (χ2n) is 3.13. The highest BCUT2D eigenvalue weighted by Gasteiger charge is 2.15. The van der Waals surface area contributed by atoms with E-state index in [2.05, 4.69) is 20.4 Å². The lowest BCUT2D eigenvalue weighted by Gasteiger charge is -2.19. The van der Waals surface area contributed by atoms with Crippen LogP contribution in [0.4, 0.5) is 0 Å². The van der Waals surface area contributed by atoms with Crippen molar-refractivity contribution in [3.05, 3.63) is 12.7 Å². The van der Waals surface area contributed by atoms with E-state index in [0.717, 1.165) is 6.42 Å². The van der Waals surface area contributed by atoms with Gasteiger partial charge in [-0.1, -0.05) is 19.9 Å². The molecule has 0 heterocycles. The van der Waals surface area contributed by atoms with E-state index in [1.54, 1.807) is 13.2 Å². The maximum Gasteiger partial charge on any atom is 0.101 e. The van der Waals surface area contributed by atoms with Crippen molar-refractivity contribution < 1.29 is 9.84 Å². The minimum absolute atomic E-state index is 0.225. The number of aliphatic hydroxyl groups is 1. The SMILES string of the molecule is C=C[C@H](OC)[C@H](O)CC(C)C. The van der Waals surface area contributed by atoms with Gasteiger partial charge in [0, 0.05) is 7.11 Å². The lowest BCUT2D eigenvalue weighted by Crippen LogP contribution is -2.27. The zero-order valence-electron chi connectivity index (χ0n) is 7.58. The van der Waals surface area contributed by atoms with Crippen molar-refractivity contribution in [2.45, 2.75) is 32.5 Å². The highest BCUT2D eigenvalue weighted by atomic mass is 16.5. The first-order valence-electron chi connectivity index (χ1n) is 3.95. The maximum absolute atomic E-state index is 9.48. The largest absolute Gasteiger partial charge is 0.390 e. The quantitative estimate of drug-likeness (QED) is 0.616. The van der Waals surface area contributed by atoms with Crippen molar-refractivity contribution >= 4 is 0 Å². The molecule has 2 atom stereocenters. The molecule has 0 rings (SSSR count). The monoisotopic (exact) mass is 158 g/mol. The highest BCUT2D eigenvalue weighted by molar-refractivity contribution is 4.85. The van der Waals surface area contributed by atoms with Crippen molar-refractivity contribution in [2.24, 2.45) is 5.92 Å². The van der Waals surface area contributed by atoms with Gasteiger partial charge in [-0.3, -0.25) is 0 Å². The molecule has 1 N–H and O–H groups in total. The molecule has 0 aromatic rings. The molecule has 0 fully saturated rings. The fourth-order valence-corrected chi connectivity index (χ4v) is 1.03. The summed E-state index contributed by atoms with van der Waals surface area (Å²) < 4.78 is 4.99. The Morgan fingerprint density at radius 3 is 2.36 bits per heavy atom. The third kappa shape index (κ3) is 4.17. The van der Waals surface area contributed by atoms with E-state index in [-0.39, 0.29) is 6.10 Å². The van der Waals surface area contributed by atoms with Crippen LogP contribution in [-0.4, -0.2) is 24.4 Å². The van der Waals surface area contributed by atoms with Crippen LogP contribution >= 0.6 is 0 Å². The lowest BCUT2D eigenvalue weighted by molar-refractivity contribution is 0.00666. The van der Waals surface area contributed by atoms with Gasteiger partial charge in [0.15, 0.2) is 0 Å². The molecule has 0 radical (unpaired) electrons. The molecule has 0 saturated heterocycles. The van der Waals surface area contributed by atoms with E-state index in [0.29, 0.717) is 5.92 Å². The zero-order chi connectivity index (χ0) is 8.85. The van der Waals surface area contributed by atoms with Crippen LogP contribution in [0.5, 0.6) is 0 Å². The van der Waals surface area contributed by atoms with Crippen molar-refractivity contribution in [3.8, 4) is 0 Å². The molecular formula is C9H18O2. The first kappa shape index (κ1) is 10.7. The van der Waals surface area contributed by atoms with Gasteiger partial charge in [-0.25, -0.2) is 0 Å². The van der Waals surface area contributed by atoms with Crippen LogP contribution in [0.2, 0.25) is 0 Å². The van der Waals surface area contributed by atoms with Crippen LogP contribution in [-0.2, 0) is 4.74 Å².